The molecule has 0 unspecified atom stereocenters. The molecule has 0 aliphatic carbocycles. The summed E-state index contributed by atoms with van der Waals surface area (Å²) in [7, 11) is 1.59. The number of carbonyl (C=O) groups excluding carboxylic acids is 2. The number of nitrogens with zero attached hydrogens (tertiary/aromatic N) is 3. The number of ether oxygens (including phenoxy) is 2. The zero-order chi connectivity index (χ0) is 30.3. The van der Waals surface area contributed by atoms with Gasteiger partial charge in [-0.05, 0) is 61.9 Å². The highest BCUT2D eigenvalue weighted by molar-refractivity contribution is 7.15. The summed E-state index contributed by atoms with van der Waals surface area (Å²) < 4.78 is 12.3. The van der Waals surface area contributed by atoms with Crippen molar-refractivity contribution in [2.24, 2.45) is 0 Å². The summed E-state index contributed by atoms with van der Waals surface area (Å²) in [5, 5.41) is 19.7. The molecule has 0 aliphatic rings. The van der Waals surface area contributed by atoms with E-state index in [-0.39, 0.29) is 17.7 Å². The normalized spacial score (nSPS) is 11.1. The van der Waals surface area contributed by atoms with E-state index < -0.39 is 11.9 Å². The first-order valence-electron chi connectivity index (χ1n) is 13.5. The van der Waals surface area contributed by atoms with Gasteiger partial charge in [0.25, 0.3) is 5.91 Å². The van der Waals surface area contributed by atoms with Gasteiger partial charge in [-0.3, -0.25) is 4.79 Å². The second-order valence-corrected chi connectivity index (χ2v) is 10.4. The predicted molar refractivity (Wildman–Crippen MR) is 168 cm³/mol. The third-order valence-electron chi connectivity index (χ3n) is 6.65. The smallest absolute Gasteiger partial charge is 0.341 e. The summed E-state index contributed by atoms with van der Waals surface area (Å²) in [5.74, 6) is -0.514. The molecule has 0 spiro atoms. The molecule has 214 valence electrons. The summed E-state index contributed by atoms with van der Waals surface area (Å²) in [6, 6.07) is 26.7. The Morgan fingerprint density at radius 3 is 2.37 bits per heavy atom. The van der Waals surface area contributed by atoms with E-state index in [4.69, 9.17) is 14.6 Å². The molecular weight excluding hydrogens is 560 g/mol. The zero-order valence-corrected chi connectivity index (χ0v) is 24.6. The van der Waals surface area contributed by atoms with E-state index in [0.717, 1.165) is 22.4 Å². The molecule has 2 heterocycles. The number of thiophene rings is 1. The van der Waals surface area contributed by atoms with Crippen LogP contribution in [-0.2, 0) is 9.53 Å². The summed E-state index contributed by atoms with van der Waals surface area (Å²) in [6.45, 7) is 3.88. The molecule has 0 aliphatic heterocycles. The molecule has 2 aromatic heterocycles. The van der Waals surface area contributed by atoms with E-state index in [0.29, 0.717) is 27.6 Å². The fourth-order valence-electron chi connectivity index (χ4n) is 4.46. The Morgan fingerprint density at radius 2 is 1.72 bits per heavy atom. The Morgan fingerprint density at radius 1 is 1.02 bits per heavy atom. The van der Waals surface area contributed by atoms with Crippen molar-refractivity contribution in [3.8, 4) is 39.9 Å². The fraction of sp³-hybridized carbons (Fsp3) is 0.118. The number of esters is 1. The van der Waals surface area contributed by atoms with Crippen molar-refractivity contribution < 1.29 is 19.1 Å². The van der Waals surface area contributed by atoms with Crippen LogP contribution in [0.4, 0.5) is 5.00 Å². The van der Waals surface area contributed by atoms with Crippen molar-refractivity contribution in [1.82, 2.24) is 9.78 Å². The number of nitrogens with one attached hydrogen (secondary N) is 1. The molecule has 1 amide bonds. The Hall–Kier alpha value is -5.46. The molecule has 0 saturated carbocycles. The lowest BCUT2D eigenvalue weighted by atomic mass is 10.0. The van der Waals surface area contributed by atoms with E-state index in [1.807, 2.05) is 91.9 Å². The fourth-order valence-corrected chi connectivity index (χ4v) is 5.41. The van der Waals surface area contributed by atoms with Crippen molar-refractivity contribution in [1.29, 1.82) is 5.26 Å². The molecule has 3 aromatic carbocycles. The predicted octanol–water partition coefficient (Wildman–Crippen LogP) is 7.31. The minimum Gasteiger partial charge on any atom is -0.497 e. The molecule has 0 bridgehead atoms. The molecular formula is C34H28N4O4S. The van der Waals surface area contributed by atoms with Crippen LogP contribution in [0.2, 0.25) is 0 Å². The van der Waals surface area contributed by atoms with Crippen LogP contribution in [-0.4, -0.2) is 35.4 Å². The second-order valence-electron chi connectivity index (χ2n) is 9.51. The number of methoxy groups -OCH3 is 1. The number of benzene rings is 3. The Bertz CT molecular complexity index is 1830. The van der Waals surface area contributed by atoms with Crippen molar-refractivity contribution in [3.05, 3.63) is 113 Å². The molecule has 0 atom stereocenters. The Labute approximate surface area is 253 Å². The van der Waals surface area contributed by atoms with Gasteiger partial charge in [-0.1, -0.05) is 48.0 Å². The molecule has 8 nitrogen and oxygen atoms in total. The van der Waals surface area contributed by atoms with E-state index in [9.17, 15) is 14.9 Å². The van der Waals surface area contributed by atoms with Crippen LogP contribution in [0.3, 0.4) is 0 Å². The van der Waals surface area contributed by atoms with Gasteiger partial charge in [-0.2, -0.15) is 10.4 Å². The van der Waals surface area contributed by atoms with E-state index in [2.05, 4.69) is 5.32 Å². The first-order chi connectivity index (χ1) is 20.9. The van der Waals surface area contributed by atoms with E-state index in [1.54, 1.807) is 30.3 Å². The number of nitriles is 1. The summed E-state index contributed by atoms with van der Waals surface area (Å²) in [5.41, 5.74) is 5.39. The molecule has 5 rings (SSSR count). The SMILES string of the molecule is CCOC(=O)c1c(-c2ccc(C)cc2)csc1NC(=O)/C(C#N)=C/c1cn(-c2ccccc2)nc1-c1ccc(OC)cc1. The topological polar surface area (TPSA) is 106 Å². The number of anilines is 1. The Balaban J connectivity index is 1.53. The van der Waals surface area contributed by atoms with Crippen molar-refractivity contribution in [3.63, 3.8) is 0 Å². The van der Waals surface area contributed by atoms with Crippen LogP contribution >= 0.6 is 11.3 Å². The van der Waals surface area contributed by atoms with Gasteiger partial charge >= 0.3 is 5.97 Å². The monoisotopic (exact) mass is 588 g/mol. The number of hydrogen-bond donors (Lipinski definition) is 1. The standard InChI is InChI=1S/C34H28N4O4S/c1-4-42-34(40)30-29(23-12-10-22(2)11-13-23)21-43-33(30)36-32(39)25(19-35)18-26-20-38(27-8-6-5-7-9-27)37-31(26)24-14-16-28(41-3)17-15-24/h5-18,20-21H,4H2,1-3H3,(H,36,39)/b25-18+. The number of aryl methyl sites for hydroxylation is 1. The molecule has 5 aromatic rings. The number of aromatic nitrogens is 2. The first-order valence-corrected chi connectivity index (χ1v) is 14.4. The number of hydrogen-bond acceptors (Lipinski definition) is 7. The zero-order valence-electron chi connectivity index (χ0n) is 23.8. The highest BCUT2D eigenvalue weighted by Crippen LogP contribution is 2.37. The maximum absolute atomic E-state index is 13.5. The van der Waals surface area contributed by atoms with Crippen LogP contribution in [0, 0.1) is 18.3 Å². The molecule has 0 saturated heterocycles. The third-order valence-corrected chi connectivity index (χ3v) is 7.55. The van der Waals surface area contributed by atoms with Gasteiger partial charge < -0.3 is 14.8 Å². The minimum atomic E-state index is -0.654. The lowest BCUT2D eigenvalue weighted by molar-refractivity contribution is -0.112. The van der Waals surface area contributed by atoms with Crippen molar-refractivity contribution >= 4 is 34.3 Å². The lowest BCUT2D eigenvalue weighted by Crippen LogP contribution is -2.16. The molecule has 9 heteroatoms. The quantitative estimate of drug-likeness (QED) is 0.110. The van der Waals surface area contributed by atoms with Crippen LogP contribution in [0.5, 0.6) is 5.75 Å². The highest BCUT2D eigenvalue weighted by atomic mass is 32.1. The Kier molecular flexibility index (Phi) is 8.79. The van der Waals surface area contributed by atoms with Gasteiger partial charge in [0.05, 0.1) is 25.1 Å². The molecule has 0 radical (unpaired) electrons. The average Bonchev–Trinajstić information content (AvgIpc) is 3.65. The first kappa shape index (κ1) is 29.0. The summed E-state index contributed by atoms with van der Waals surface area (Å²) in [4.78, 5) is 26.5. The van der Waals surface area contributed by atoms with Gasteiger partial charge in [0, 0.05) is 28.3 Å². The van der Waals surface area contributed by atoms with Gasteiger partial charge in [0.2, 0.25) is 0 Å². The van der Waals surface area contributed by atoms with Crippen LogP contribution in [0.25, 0.3) is 34.1 Å². The molecule has 1 N–H and O–H groups in total. The van der Waals surface area contributed by atoms with Crippen molar-refractivity contribution in [2.75, 3.05) is 19.0 Å². The van der Waals surface area contributed by atoms with Crippen LogP contribution in [0.1, 0.15) is 28.4 Å². The third kappa shape index (κ3) is 6.40. The van der Waals surface area contributed by atoms with Gasteiger partial charge in [0.15, 0.2) is 0 Å². The van der Waals surface area contributed by atoms with Gasteiger partial charge in [0.1, 0.15) is 28.0 Å². The van der Waals surface area contributed by atoms with Gasteiger partial charge in [-0.25, -0.2) is 9.48 Å². The lowest BCUT2D eigenvalue weighted by Gasteiger charge is -2.09. The van der Waals surface area contributed by atoms with Gasteiger partial charge in [-0.15, -0.1) is 11.3 Å². The average molecular weight is 589 g/mol. The number of carbonyl (C=O) groups is 2. The number of para-hydroxylation sites is 1. The van der Waals surface area contributed by atoms with Crippen molar-refractivity contribution in [2.45, 2.75) is 13.8 Å². The van der Waals surface area contributed by atoms with Crippen LogP contribution in [0.15, 0.2) is 96.0 Å². The summed E-state index contributed by atoms with van der Waals surface area (Å²) >= 11 is 1.20. The summed E-state index contributed by atoms with van der Waals surface area (Å²) in [6.07, 6.45) is 3.27. The molecule has 0 fully saturated rings. The largest absolute Gasteiger partial charge is 0.497 e. The minimum absolute atomic E-state index is 0.150. The number of rotatable bonds is 9. The van der Waals surface area contributed by atoms with E-state index >= 15 is 0 Å². The number of amides is 1. The van der Waals surface area contributed by atoms with E-state index in [1.165, 1.54) is 17.4 Å². The molecule has 43 heavy (non-hydrogen) atoms. The second kappa shape index (κ2) is 13.0. The maximum Gasteiger partial charge on any atom is 0.341 e. The maximum atomic E-state index is 13.5. The highest BCUT2D eigenvalue weighted by Gasteiger charge is 2.24. The van der Waals surface area contributed by atoms with Crippen LogP contribution < -0.4 is 10.1 Å².